The second-order valence-corrected chi connectivity index (χ2v) is 12.8. The number of halogens is 5. The quantitative estimate of drug-likeness (QED) is 0.396. The molecule has 1 aliphatic rings. The summed E-state index contributed by atoms with van der Waals surface area (Å²) in [6.45, 7) is 2.48. The lowest BCUT2D eigenvalue weighted by Crippen LogP contribution is -2.43. The minimum absolute atomic E-state index is 0.0833. The monoisotopic (exact) mass is 600 g/mol. The van der Waals surface area contributed by atoms with E-state index in [0.717, 1.165) is 17.4 Å². The van der Waals surface area contributed by atoms with Crippen LogP contribution in [0.15, 0.2) is 21.4 Å². The summed E-state index contributed by atoms with van der Waals surface area (Å²) in [6.07, 6.45) is -1.00. The Morgan fingerprint density at radius 3 is 2.39 bits per heavy atom. The number of hydrogen-bond acceptors (Lipinski definition) is 9. The molecular formula is C20H17Cl3F2N4O5S2. The second-order valence-electron chi connectivity index (χ2n) is 8.49. The van der Waals surface area contributed by atoms with Gasteiger partial charge in [-0.3, -0.25) is 4.79 Å². The minimum Gasteiger partial charge on any atom is -0.415 e. The van der Waals surface area contributed by atoms with E-state index in [1.807, 2.05) is 0 Å². The maximum absolute atomic E-state index is 13.7. The number of rotatable bonds is 5. The summed E-state index contributed by atoms with van der Waals surface area (Å²) < 4.78 is 56.4. The fourth-order valence-electron chi connectivity index (χ4n) is 3.38. The maximum atomic E-state index is 13.7. The predicted octanol–water partition coefficient (Wildman–Crippen LogP) is 5.19. The molecule has 1 aliphatic heterocycles. The van der Waals surface area contributed by atoms with Crippen molar-refractivity contribution in [2.45, 2.75) is 43.1 Å². The number of aromatic nitrogens is 3. The highest BCUT2D eigenvalue weighted by Crippen LogP contribution is 2.44. The molecule has 2 aromatic heterocycles. The third-order valence-electron chi connectivity index (χ3n) is 5.30. The molecule has 1 aromatic carbocycles. The predicted molar refractivity (Wildman–Crippen MR) is 129 cm³/mol. The molecule has 1 saturated heterocycles. The third-order valence-corrected chi connectivity index (χ3v) is 8.73. The van der Waals surface area contributed by atoms with Crippen LogP contribution >= 0.6 is 45.2 Å². The number of benzene rings is 1. The van der Waals surface area contributed by atoms with Crippen molar-refractivity contribution in [3.8, 4) is 21.3 Å². The van der Waals surface area contributed by atoms with Crippen molar-refractivity contribution >= 4 is 60.2 Å². The molecule has 0 atom stereocenters. The molecule has 0 saturated carbocycles. The molecule has 16 heteroatoms. The lowest BCUT2D eigenvalue weighted by Gasteiger charge is -2.31. The summed E-state index contributed by atoms with van der Waals surface area (Å²) in [6, 6.07) is 2.43. The molecule has 0 aliphatic carbocycles. The molecule has 1 N–H and O–H groups in total. The van der Waals surface area contributed by atoms with E-state index in [9.17, 15) is 27.1 Å². The van der Waals surface area contributed by atoms with Gasteiger partial charge in [0.15, 0.2) is 5.01 Å². The maximum Gasteiger partial charge on any atom is 0.276 e. The van der Waals surface area contributed by atoms with Crippen molar-refractivity contribution in [3.63, 3.8) is 0 Å². The van der Waals surface area contributed by atoms with E-state index in [4.69, 9.17) is 38.3 Å². The zero-order valence-electron chi connectivity index (χ0n) is 18.6. The number of alkyl halides is 2. The lowest BCUT2D eigenvalue weighted by atomic mass is 10.1. The average Bonchev–Trinajstić information content (AvgIpc) is 3.41. The number of amides is 1. The van der Waals surface area contributed by atoms with Crippen molar-refractivity contribution in [3.05, 3.63) is 33.8 Å². The highest BCUT2D eigenvalue weighted by Gasteiger charge is 2.38. The van der Waals surface area contributed by atoms with Gasteiger partial charge in [0.05, 0.1) is 14.9 Å². The molecule has 9 nitrogen and oxygen atoms in total. The smallest absolute Gasteiger partial charge is 0.276 e. The van der Waals surface area contributed by atoms with E-state index in [2.05, 4.69) is 15.2 Å². The van der Waals surface area contributed by atoms with Gasteiger partial charge < -0.3 is 14.4 Å². The van der Waals surface area contributed by atoms with E-state index in [0.29, 0.717) is 0 Å². The molecular weight excluding hydrogens is 585 g/mol. The molecule has 0 unspecified atom stereocenters. The number of thiazole rings is 1. The third kappa shape index (κ3) is 5.36. The highest BCUT2D eigenvalue weighted by atomic mass is 35.7. The molecule has 1 amide bonds. The standard InChI is InChI=1S/C20H17Cl3F2N4O5S2/c1-19(2,31)18-28-27-15(34-18)16-26-13(17(30)29-7-5-20(24,25)6-8-29)14(35-16)9-3-4-10(36(23,32)33)12(22)11(9)21/h3-4,31H,5-8H2,1-2H3. The first-order valence-electron chi connectivity index (χ1n) is 10.3. The lowest BCUT2D eigenvalue weighted by molar-refractivity contribution is -0.0494. The molecule has 1 fully saturated rings. The van der Waals surface area contributed by atoms with Crippen LogP contribution in [0.1, 0.15) is 43.1 Å². The van der Waals surface area contributed by atoms with Gasteiger partial charge >= 0.3 is 0 Å². The number of likely N-dealkylation sites (tertiary alicyclic amines) is 1. The Bertz CT molecular complexity index is 1440. The van der Waals surface area contributed by atoms with Crippen LogP contribution in [0.5, 0.6) is 0 Å². The molecule has 0 spiro atoms. The van der Waals surface area contributed by atoms with Gasteiger partial charge in [0.1, 0.15) is 16.2 Å². The van der Waals surface area contributed by atoms with E-state index >= 15 is 0 Å². The normalized spacial score (nSPS) is 16.4. The van der Waals surface area contributed by atoms with Crippen LogP contribution in [-0.2, 0) is 14.7 Å². The van der Waals surface area contributed by atoms with Crippen LogP contribution in [0.2, 0.25) is 10.0 Å². The number of carbonyl (C=O) groups is 1. The highest BCUT2D eigenvalue weighted by molar-refractivity contribution is 8.13. The van der Waals surface area contributed by atoms with E-state index in [1.54, 1.807) is 0 Å². The minimum atomic E-state index is -4.22. The first-order valence-corrected chi connectivity index (χ1v) is 14.1. The van der Waals surface area contributed by atoms with Gasteiger partial charge in [0, 0.05) is 42.2 Å². The fraction of sp³-hybridized carbons (Fsp3) is 0.400. The summed E-state index contributed by atoms with van der Waals surface area (Å²) in [5.74, 6) is -3.72. The molecule has 36 heavy (non-hydrogen) atoms. The van der Waals surface area contributed by atoms with Gasteiger partial charge in [-0.25, -0.2) is 22.2 Å². The van der Waals surface area contributed by atoms with E-state index in [-0.39, 0.29) is 56.1 Å². The zero-order valence-corrected chi connectivity index (χ0v) is 22.5. The van der Waals surface area contributed by atoms with Crippen molar-refractivity contribution in [1.29, 1.82) is 0 Å². The van der Waals surface area contributed by atoms with Crippen LogP contribution in [0, 0.1) is 0 Å². The number of nitrogens with zero attached hydrogens (tertiary/aromatic N) is 4. The fourth-order valence-corrected chi connectivity index (χ4v) is 6.28. The average molecular weight is 602 g/mol. The van der Waals surface area contributed by atoms with Gasteiger partial charge in [0.25, 0.3) is 26.8 Å². The van der Waals surface area contributed by atoms with Gasteiger partial charge in [-0.15, -0.1) is 21.5 Å². The Morgan fingerprint density at radius 2 is 1.83 bits per heavy atom. The molecule has 0 bridgehead atoms. The van der Waals surface area contributed by atoms with Crippen molar-refractivity contribution < 1.29 is 31.5 Å². The van der Waals surface area contributed by atoms with E-state index < -0.39 is 44.2 Å². The van der Waals surface area contributed by atoms with Crippen molar-refractivity contribution in [1.82, 2.24) is 20.1 Å². The summed E-state index contributed by atoms with van der Waals surface area (Å²) in [5.41, 5.74) is -1.44. The van der Waals surface area contributed by atoms with Crippen molar-refractivity contribution in [2.75, 3.05) is 13.1 Å². The van der Waals surface area contributed by atoms with Crippen LogP contribution in [0.4, 0.5) is 8.78 Å². The van der Waals surface area contributed by atoms with E-state index in [1.165, 1.54) is 24.8 Å². The topological polar surface area (TPSA) is 126 Å². The van der Waals surface area contributed by atoms with Crippen LogP contribution in [0.3, 0.4) is 0 Å². The van der Waals surface area contributed by atoms with Crippen LogP contribution in [0.25, 0.3) is 21.3 Å². The Balaban J connectivity index is 1.84. The van der Waals surface area contributed by atoms with Crippen LogP contribution in [-0.4, -0.2) is 58.5 Å². The molecule has 3 aromatic rings. The zero-order chi connectivity index (χ0) is 26.6. The number of hydrogen-bond donors (Lipinski definition) is 1. The van der Waals surface area contributed by atoms with Gasteiger partial charge in [-0.1, -0.05) is 29.3 Å². The molecule has 194 valence electrons. The second kappa shape index (κ2) is 9.44. The first-order chi connectivity index (χ1) is 16.6. The number of piperidine rings is 1. The SMILES string of the molecule is CC(C)(O)c1nnc(-c2nc(C(=O)N3CCC(F)(F)CC3)c(-c3ccc(S(=O)(=O)Cl)c(Cl)c3Cl)s2)o1. The first kappa shape index (κ1) is 27.1. The summed E-state index contributed by atoms with van der Waals surface area (Å²) in [5, 5.41) is 17.3. The molecule has 3 heterocycles. The molecule has 4 rings (SSSR count). The Morgan fingerprint density at radius 1 is 1.19 bits per heavy atom. The Kier molecular flexibility index (Phi) is 7.12. The van der Waals surface area contributed by atoms with Crippen molar-refractivity contribution in [2.24, 2.45) is 0 Å². The Hall–Kier alpha value is -1.90. The summed E-state index contributed by atoms with van der Waals surface area (Å²) in [4.78, 5) is 18.7. The van der Waals surface area contributed by atoms with Gasteiger partial charge in [0.2, 0.25) is 5.89 Å². The summed E-state index contributed by atoms with van der Waals surface area (Å²) in [7, 11) is 1.19. The van der Waals surface area contributed by atoms with Gasteiger partial charge in [-0.2, -0.15) is 0 Å². The number of carbonyl (C=O) groups excluding carboxylic acids is 1. The van der Waals surface area contributed by atoms with Gasteiger partial charge in [-0.05, 0) is 19.9 Å². The molecule has 0 radical (unpaired) electrons. The van der Waals surface area contributed by atoms with Crippen LogP contribution < -0.4 is 0 Å². The number of aliphatic hydroxyl groups is 1. The summed E-state index contributed by atoms with van der Waals surface area (Å²) >= 11 is 13.4. The largest absolute Gasteiger partial charge is 0.415 e. The Labute approximate surface area is 222 Å².